The quantitative estimate of drug-likeness (QED) is 0.813. The minimum Gasteiger partial charge on any atom is -0.478 e. The number of carbonyl (C=O) groups excluding carboxylic acids is 1. The molecule has 0 unspecified atom stereocenters. The molecule has 0 saturated carbocycles. The summed E-state index contributed by atoms with van der Waals surface area (Å²) in [6, 6.07) is 10.9. The molecule has 116 valence electrons. The third-order valence-corrected chi connectivity index (χ3v) is 3.44. The van der Waals surface area contributed by atoms with Crippen LogP contribution in [0.15, 0.2) is 42.6 Å². The van der Waals surface area contributed by atoms with Gasteiger partial charge < -0.3 is 9.64 Å². The Balaban J connectivity index is 2.16. The average molecular weight is 319 g/mol. The maximum atomic E-state index is 12.6. The second-order valence-corrected chi connectivity index (χ2v) is 5.20. The van der Waals surface area contributed by atoms with Crippen LogP contribution in [-0.4, -0.2) is 28.9 Å². The van der Waals surface area contributed by atoms with Crippen LogP contribution in [0.5, 0.6) is 5.88 Å². The molecule has 0 N–H and O–H groups in total. The highest BCUT2D eigenvalue weighted by molar-refractivity contribution is 6.30. The predicted molar refractivity (Wildman–Crippen MR) is 87.3 cm³/mol. The molecule has 22 heavy (non-hydrogen) atoms. The van der Waals surface area contributed by atoms with Crippen LogP contribution < -0.4 is 4.74 Å². The van der Waals surface area contributed by atoms with Gasteiger partial charge in [-0.25, -0.2) is 4.98 Å². The van der Waals surface area contributed by atoms with Gasteiger partial charge in [0.25, 0.3) is 5.91 Å². The number of rotatable bonds is 6. The molecule has 1 aromatic carbocycles. The second kappa shape index (κ2) is 7.80. The van der Waals surface area contributed by atoms with E-state index in [2.05, 4.69) is 4.98 Å². The number of carbonyl (C=O) groups is 1. The fourth-order valence-electron chi connectivity index (χ4n) is 2.13. The zero-order chi connectivity index (χ0) is 15.9. The first-order valence-corrected chi connectivity index (χ1v) is 7.64. The summed E-state index contributed by atoms with van der Waals surface area (Å²) in [6.07, 6.45) is 1.59. The van der Waals surface area contributed by atoms with Crippen molar-refractivity contribution in [2.45, 2.75) is 20.4 Å². The molecule has 0 radical (unpaired) electrons. The van der Waals surface area contributed by atoms with Gasteiger partial charge in [-0.1, -0.05) is 23.7 Å². The van der Waals surface area contributed by atoms with Crippen LogP contribution >= 0.6 is 11.6 Å². The fourth-order valence-corrected chi connectivity index (χ4v) is 2.35. The molecule has 2 aromatic rings. The van der Waals surface area contributed by atoms with E-state index in [0.29, 0.717) is 36.2 Å². The summed E-state index contributed by atoms with van der Waals surface area (Å²) in [4.78, 5) is 18.5. The molecule has 0 bridgehead atoms. The van der Waals surface area contributed by atoms with Crippen molar-refractivity contribution in [1.29, 1.82) is 0 Å². The molecular weight excluding hydrogens is 300 g/mol. The molecule has 1 amide bonds. The Morgan fingerprint density at radius 3 is 2.77 bits per heavy atom. The van der Waals surface area contributed by atoms with Crippen LogP contribution in [0.4, 0.5) is 0 Å². The Morgan fingerprint density at radius 1 is 1.27 bits per heavy atom. The van der Waals surface area contributed by atoms with Crippen LogP contribution in [-0.2, 0) is 6.54 Å². The zero-order valence-corrected chi connectivity index (χ0v) is 13.5. The summed E-state index contributed by atoms with van der Waals surface area (Å²) >= 11 is 6.00. The lowest BCUT2D eigenvalue weighted by Gasteiger charge is -2.21. The topological polar surface area (TPSA) is 42.4 Å². The Hall–Kier alpha value is -2.07. The van der Waals surface area contributed by atoms with Gasteiger partial charge >= 0.3 is 0 Å². The van der Waals surface area contributed by atoms with Crippen molar-refractivity contribution in [3.63, 3.8) is 0 Å². The molecule has 1 heterocycles. The number of pyridine rings is 1. The van der Waals surface area contributed by atoms with Crippen LogP contribution in [0.25, 0.3) is 0 Å². The first-order chi connectivity index (χ1) is 10.6. The summed E-state index contributed by atoms with van der Waals surface area (Å²) in [6.45, 7) is 5.48. The molecular formula is C17H19ClN2O2. The van der Waals surface area contributed by atoms with Gasteiger partial charge in [0.1, 0.15) is 0 Å². The smallest absolute Gasteiger partial charge is 0.254 e. The number of ether oxygens (including phenoxy) is 1. The molecule has 0 fully saturated rings. The SMILES string of the molecule is CCOc1cc(C(=O)N(CC)Cc2cccc(Cl)c2)ccn1. The van der Waals surface area contributed by atoms with E-state index in [1.54, 1.807) is 23.2 Å². The third kappa shape index (κ3) is 4.21. The van der Waals surface area contributed by atoms with Crippen molar-refractivity contribution in [2.24, 2.45) is 0 Å². The molecule has 0 aliphatic heterocycles. The lowest BCUT2D eigenvalue weighted by molar-refractivity contribution is 0.0752. The van der Waals surface area contributed by atoms with Crippen molar-refractivity contribution in [3.8, 4) is 5.88 Å². The normalized spacial score (nSPS) is 10.3. The maximum Gasteiger partial charge on any atom is 0.254 e. The first-order valence-electron chi connectivity index (χ1n) is 7.26. The maximum absolute atomic E-state index is 12.6. The molecule has 0 aliphatic rings. The van der Waals surface area contributed by atoms with Gasteiger partial charge in [-0.05, 0) is 37.6 Å². The third-order valence-electron chi connectivity index (χ3n) is 3.21. The minimum absolute atomic E-state index is 0.0502. The second-order valence-electron chi connectivity index (χ2n) is 4.77. The summed E-state index contributed by atoms with van der Waals surface area (Å²) in [7, 11) is 0. The van der Waals surface area contributed by atoms with Gasteiger partial charge in [-0.2, -0.15) is 0 Å². The van der Waals surface area contributed by atoms with Gasteiger partial charge in [0.15, 0.2) is 0 Å². The van der Waals surface area contributed by atoms with Crippen molar-refractivity contribution in [1.82, 2.24) is 9.88 Å². The predicted octanol–water partition coefficient (Wildman–Crippen LogP) is 3.80. The number of amides is 1. The van der Waals surface area contributed by atoms with Gasteiger partial charge in [0.05, 0.1) is 6.61 Å². The number of hydrogen-bond donors (Lipinski definition) is 0. The minimum atomic E-state index is -0.0502. The van der Waals surface area contributed by atoms with Crippen molar-refractivity contribution < 1.29 is 9.53 Å². The summed E-state index contributed by atoms with van der Waals surface area (Å²) in [5.74, 6) is 0.415. The van der Waals surface area contributed by atoms with Crippen LogP contribution in [0.3, 0.4) is 0 Å². The highest BCUT2D eigenvalue weighted by Crippen LogP contribution is 2.16. The van der Waals surface area contributed by atoms with Crippen LogP contribution in [0.2, 0.25) is 5.02 Å². The summed E-state index contributed by atoms with van der Waals surface area (Å²) < 4.78 is 5.34. The highest BCUT2D eigenvalue weighted by atomic mass is 35.5. The average Bonchev–Trinajstić information content (AvgIpc) is 2.52. The van der Waals surface area contributed by atoms with E-state index in [4.69, 9.17) is 16.3 Å². The monoisotopic (exact) mass is 318 g/mol. The molecule has 4 nitrogen and oxygen atoms in total. The van der Waals surface area contributed by atoms with Gasteiger partial charge in [-0.15, -0.1) is 0 Å². The Kier molecular flexibility index (Phi) is 5.78. The van der Waals surface area contributed by atoms with Gasteiger partial charge in [0, 0.05) is 35.9 Å². The Labute approximate surface area is 135 Å². The van der Waals surface area contributed by atoms with E-state index < -0.39 is 0 Å². The largest absolute Gasteiger partial charge is 0.478 e. The van der Waals surface area contributed by atoms with Crippen molar-refractivity contribution in [2.75, 3.05) is 13.2 Å². The van der Waals surface area contributed by atoms with Gasteiger partial charge in [0.2, 0.25) is 5.88 Å². The standard InChI is InChI=1S/C17H19ClN2O2/c1-3-20(12-13-6-5-7-15(18)10-13)17(21)14-8-9-19-16(11-14)22-4-2/h5-11H,3-4,12H2,1-2H3. The van der Waals surface area contributed by atoms with E-state index >= 15 is 0 Å². The number of benzene rings is 1. The number of halogens is 1. The van der Waals surface area contributed by atoms with Crippen LogP contribution in [0, 0.1) is 0 Å². The lowest BCUT2D eigenvalue weighted by Crippen LogP contribution is -2.30. The van der Waals surface area contributed by atoms with E-state index in [1.165, 1.54) is 0 Å². The summed E-state index contributed by atoms with van der Waals surface area (Å²) in [5, 5.41) is 0.670. The van der Waals surface area contributed by atoms with Crippen LogP contribution in [0.1, 0.15) is 29.8 Å². The molecule has 5 heteroatoms. The zero-order valence-electron chi connectivity index (χ0n) is 12.8. The van der Waals surface area contributed by atoms with E-state index in [0.717, 1.165) is 5.56 Å². The molecule has 1 aromatic heterocycles. The highest BCUT2D eigenvalue weighted by Gasteiger charge is 2.15. The van der Waals surface area contributed by atoms with Crippen molar-refractivity contribution >= 4 is 17.5 Å². The Bertz CT molecular complexity index is 646. The number of hydrogen-bond acceptors (Lipinski definition) is 3. The van der Waals surface area contributed by atoms with E-state index in [-0.39, 0.29) is 5.91 Å². The molecule has 0 spiro atoms. The molecule has 2 rings (SSSR count). The van der Waals surface area contributed by atoms with E-state index in [9.17, 15) is 4.79 Å². The number of aromatic nitrogens is 1. The first kappa shape index (κ1) is 16.3. The number of nitrogens with zero attached hydrogens (tertiary/aromatic N) is 2. The fraction of sp³-hybridized carbons (Fsp3) is 0.294. The molecule has 0 aliphatic carbocycles. The van der Waals surface area contributed by atoms with Gasteiger partial charge in [-0.3, -0.25) is 4.79 Å². The lowest BCUT2D eigenvalue weighted by atomic mass is 10.2. The Morgan fingerprint density at radius 2 is 2.09 bits per heavy atom. The molecule has 0 saturated heterocycles. The molecule has 0 atom stereocenters. The summed E-state index contributed by atoms with van der Waals surface area (Å²) in [5.41, 5.74) is 1.57. The van der Waals surface area contributed by atoms with Crippen molar-refractivity contribution in [3.05, 3.63) is 58.7 Å². The van der Waals surface area contributed by atoms with E-state index in [1.807, 2.05) is 38.1 Å².